The molecule has 0 unspecified atom stereocenters. The molecule has 1 aliphatic heterocycles. The van der Waals surface area contributed by atoms with Gasteiger partial charge in [0.2, 0.25) is 10.0 Å². The van der Waals surface area contributed by atoms with Crippen LogP contribution in [-0.4, -0.2) is 45.0 Å². The van der Waals surface area contributed by atoms with E-state index in [-0.39, 0.29) is 10.5 Å². The molecular weight excluding hydrogens is 390 g/mol. The smallest absolute Gasteiger partial charge is 0.343 e. The Morgan fingerprint density at radius 3 is 2.44 bits per heavy atom. The van der Waals surface area contributed by atoms with Gasteiger partial charge in [0.15, 0.2) is 0 Å². The van der Waals surface area contributed by atoms with Gasteiger partial charge in [-0.05, 0) is 55.3 Å². The number of hydrogen-bond acceptors (Lipinski definition) is 5. The van der Waals surface area contributed by atoms with E-state index in [4.69, 9.17) is 21.1 Å². The van der Waals surface area contributed by atoms with Crippen LogP contribution < -0.4 is 4.74 Å². The Morgan fingerprint density at radius 2 is 1.78 bits per heavy atom. The van der Waals surface area contributed by atoms with Gasteiger partial charge in [-0.15, -0.1) is 0 Å². The SMILES string of the molecule is Cc1cc(Cl)ccc1OC(=O)c1ccc(C)c(S(=O)(=O)N2CCOCC2)c1. The fraction of sp³-hybridized carbons (Fsp3) is 0.316. The van der Waals surface area contributed by atoms with Crippen LogP contribution in [-0.2, 0) is 14.8 Å². The molecule has 1 aliphatic rings. The van der Waals surface area contributed by atoms with Gasteiger partial charge in [-0.25, -0.2) is 13.2 Å². The zero-order valence-corrected chi connectivity index (χ0v) is 16.6. The van der Waals surface area contributed by atoms with Crippen LogP contribution in [0.15, 0.2) is 41.3 Å². The van der Waals surface area contributed by atoms with E-state index in [1.54, 1.807) is 44.2 Å². The molecule has 0 radical (unpaired) electrons. The Balaban J connectivity index is 1.89. The van der Waals surface area contributed by atoms with Crippen molar-refractivity contribution in [1.29, 1.82) is 0 Å². The van der Waals surface area contributed by atoms with Crippen LogP contribution in [0.3, 0.4) is 0 Å². The van der Waals surface area contributed by atoms with E-state index in [1.807, 2.05) is 0 Å². The molecule has 0 aliphatic carbocycles. The number of aryl methyl sites for hydroxylation is 2. The lowest BCUT2D eigenvalue weighted by Gasteiger charge is -2.26. The lowest BCUT2D eigenvalue weighted by atomic mass is 10.1. The van der Waals surface area contributed by atoms with Crippen LogP contribution in [0.1, 0.15) is 21.5 Å². The monoisotopic (exact) mass is 409 g/mol. The van der Waals surface area contributed by atoms with Crippen LogP contribution in [0.25, 0.3) is 0 Å². The van der Waals surface area contributed by atoms with Gasteiger partial charge in [0, 0.05) is 18.1 Å². The molecule has 8 heteroatoms. The van der Waals surface area contributed by atoms with Gasteiger partial charge in [-0.1, -0.05) is 17.7 Å². The van der Waals surface area contributed by atoms with E-state index in [2.05, 4.69) is 0 Å². The third-order valence-electron chi connectivity index (χ3n) is 4.35. The lowest BCUT2D eigenvalue weighted by Crippen LogP contribution is -2.40. The fourth-order valence-electron chi connectivity index (χ4n) is 2.82. The molecule has 0 bridgehead atoms. The number of hydrogen-bond donors (Lipinski definition) is 0. The largest absolute Gasteiger partial charge is 0.423 e. The van der Waals surface area contributed by atoms with Gasteiger partial charge in [-0.3, -0.25) is 0 Å². The maximum Gasteiger partial charge on any atom is 0.343 e. The molecule has 144 valence electrons. The first kappa shape index (κ1) is 19.8. The van der Waals surface area contributed by atoms with Crippen LogP contribution in [0, 0.1) is 13.8 Å². The fourth-order valence-corrected chi connectivity index (χ4v) is 4.70. The molecule has 0 amide bonds. The van der Waals surface area contributed by atoms with Crippen molar-refractivity contribution < 1.29 is 22.7 Å². The highest BCUT2D eigenvalue weighted by Crippen LogP contribution is 2.25. The molecule has 1 fully saturated rings. The molecule has 2 aromatic carbocycles. The predicted octanol–water partition coefficient (Wildman–Crippen LogP) is 3.20. The van der Waals surface area contributed by atoms with Crippen LogP contribution in [0.4, 0.5) is 0 Å². The quantitative estimate of drug-likeness (QED) is 0.572. The Kier molecular flexibility index (Phi) is 5.86. The minimum absolute atomic E-state index is 0.103. The van der Waals surface area contributed by atoms with Gasteiger partial charge >= 0.3 is 5.97 Å². The molecule has 6 nitrogen and oxygen atoms in total. The van der Waals surface area contributed by atoms with Crippen molar-refractivity contribution in [2.45, 2.75) is 18.7 Å². The summed E-state index contributed by atoms with van der Waals surface area (Å²) in [5.41, 5.74) is 1.45. The molecule has 1 saturated heterocycles. The molecule has 0 atom stereocenters. The highest BCUT2D eigenvalue weighted by Gasteiger charge is 2.28. The summed E-state index contributed by atoms with van der Waals surface area (Å²) < 4.78 is 37.9. The van der Waals surface area contributed by atoms with E-state index in [0.29, 0.717) is 48.2 Å². The summed E-state index contributed by atoms with van der Waals surface area (Å²) in [6.07, 6.45) is 0. The van der Waals surface area contributed by atoms with Crippen molar-refractivity contribution in [2.24, 2.45) is 0 Å². The predicted molar refractivity (Wildman–Crippen MR) is 102 cm³/mol. The molecule has 0 saturated carbocycles. The summed E-state index contributed by atoms with van der Waals surface area (Å²) in [6, 6.07) is 9.46. The Labute approximate surface area is 163 Å². The second-order valence-corrected chi connectivity index (χ2v) is 8.64. The molecule has 27 heavy (non-hydrogen) atoms. The van der Waals surface area contributed by atoms with Gasteiger partial charge in [0.25, 0.3) is 0 Å². The highest BCUT2D eigenvalue weighted by atomic mass is 35.5. The van der Waals surface area contributed by atoms with Gasteiger partial charge < -0.3 is 9.47 Å². The van der Waals surface area contributed by atoms with E-state index >= 15 is 0 Å². The van der Waals surface area contributed by atoms with Gasteiger partial charge in [0.05, 0.1) is 23.7 Å². The molecule has 0 N–H and O–H groups in total. The van der Waals surface area contributed by atoms with Gasteiger partial charge in [-0.2, -0.15) is 4.31 Å². The van der Waals surface area contributed by atoms with E-state index in [0.717, 1.165) is 0 Å². The number of sulfonamides is 1. The van der Waals surface area contributed by atoms with Crippen molar-refractivity contribution >= 4 is 27.6 Å². The number of carbonyl (C=O) groups excluding carboxylic acids is 1. The highest BCUT2D eigenvalue weighted by molar-refractivity contribution is 7.89. The van der Waals surface area contributed by atoms with Crippen molar-refractivity contribution in [3.05, 3.63) is 58.1 Å². The van der Waals surface area contributed by atoms with Crippen molar-refractivity contribution in [1.82, 2.24) is 4.31 Å². The summed E-state index contributed by atoms with van der Waals surface area (Å²) in [7, 11) is -3.71. The summed E-state index contributed by atoms with van der Waals surface area (Å²) in [4.78, 5) is 12.6. The first-order valence-electron chi connectivity index (χ1n) is 8.46. The molecule has 0 spiro atoms. The number of benzene rings is 2. The summed E-state index contributed by atoms with van der Waals surface area (Å²) >= 11 is 5.91. The minimum atomic E-state index is -3.71. The maximum atomic E-state index is 12.9. The summed E-state index contributed by atoms with van der Waals surface area (Å²) in [5, 5.41) is 0.543. The Hall–Kier alpha value is -1.93. The second-order valence-electron chi connectivity index (χ2n) is 6.30. The summed E-state index contributed by atoms with van der Waals surface area (Å²) in [6.45, 7) is 4.77. The number of nitrogens with zero attached hydrogens (tertiary/aromatic N) is 1. The summed E-state index contributed by atoms with van der Waals surface area (Å²) in [5.74, 6) is -0.249. The molecule has 3 rings (SSSR count). The van der Waals surface area contributed by atoms with E-state index in [1.165, 1.54) is 10.4 Å². The number of rotatable bonds is 4. The number of ether oxygens (including phenoxy) is 2. The third kappa shape index (κ3) is 4.32. The molecule has 0 aromatic heterocycles. The lowest BCUT2D eigenvalue weighted by molar-refractivity contribution is 0.0726. The van der Waals surface area contributed by atoms with E-state index in [9.17, 15) is 13.2 Å². The molecule has 2 aromatic rings. The minimum Gasteiger partial charge on any atom is -0.423 e. The Morgan fingerprint density at radius 1 is 1.07 bits per heavy atom. The average molecular weight is 410 g/mol. The number of carbonyl (C=O) groups is 1. The zero-order chi connectivity index (χ0) is 19.6. The van der Waals surface area contributed by atoms with Gasteiger partial charge in [0.1, 0.15) is 5.75 Å². The number of halogens is 1. The number of morpholine rings is 1. The van der Waals surface area contributed by atoms with Crippen LogP contribution >= 0.6 is 11.6 Å². The number of esters is 1. The first-order valence-corrected chi connectivity index (χ1v) is 10.3. The standard InChI is InChI=1S/C19H20ClNO5S/c1-13-3-4-15(19(22)26-17-6-5-16(20)11-14(17)2)12-18(13)27(23,24)21-7-9-25-10-8-21/h3-6,11-12H,7-10H2,1-2H3. The maximum absolute atomic E-state index is 12.9. The third-order valence-corrected chi connectivity index (χ3v) is 6.63. The van der Waals surface area contributed by atoms with Crippen molar-refractivity contribution in [2.75, 3.05) is 26.3 Å². The molecular formula is C19H20ClNO5S. The van der Waals surface area contributed by atoms with Crippen molar-refractivity contribution in [3.63, 3.8) is 0 Å². The Bertz CT molecular complexity index is 968. The zero-order valence-electron chi connectivity index (χ0n) is 15.1. The first-order chi connectivity index (χ1) is 12.8. The van der Waals surface area contributed by atoms with Crippen LogP contribution in [0.5, 0.6) is 5.75 Å². The van der Waals surface area contributed by atoms with Crippen LogP contribution in [0.2, 0.25) is 5.02 Å². The topological polar surface area (TPSA) is 72.9 Å². The second kappa shape index (κ2) is 7.98. The van der Waals surface area contributed by atoms with Crippen molar-refractivity contribution in [3.8, 4) is 5.75 Å². The molecule has 1 heterocycles. The average Bonchev–Trinajstić information content (AvgIpc) is 2.65. The normalized spacial score (nSPS) is 15.5. The van der Waals surface area contributed by atoms with E-state index < -0.39 is 16.0 Å².